The van der Waals surface area contributed by atoms with Crippen molar-refractivity contribution in [2.24, 2.45) is 0 Å². The third kappa shape index (κ3) is 3.03. The van der Waals surface area contributed by atoms with Gasteiger partial charge in [-0.05, 0) is 37.5 Å². The number of ether oxygens (including phenoxy) is 2. The largest absolute Gasteiger partial charge is 0.496 e. The smallest absolute Gasteiger partial charge is 0.313 e. The highest BCUT2D eigenvalue weighted by Crippen LogP contribution is 2.33. The van der Waals surface area contributed by atoms with Gasteiger partial charge in [0, 0.05) is 5.56 Å². The maximum atomic E-state index is 11.9. The Bertz CT molecular complexity index is 424. The lowest BCUT2D eigenvalue weighted by molar-refractivity contribution is -0.142. The van der Waals surface area contributed by atoms with Crippen LogP contribution in [-0.4, -0.2) is 20.2 Å². The van der Waals surface area contributed by atoms with E-state index in [4.69, 9.17) is 9.47 Å². The van der Waals surface area contributed by atoms with Gasteiger partial charge in [0.05, 0.1) is 20.1 Å². The number of carbonyl (C=O) groups excluding carboxylic acids is 1. The minimum Gasteiger partial charge on any atom is -0.496 e. The predicted octanol–water partition coefficient (Wildman–Crippen LogP) is 3.37. The fourth-order valence-electron chi connectivity index (χ4n) is 2.09. The average molecular weight is 250 g/mol. The van der Waals surface area contributed by atoms with Crippen molar-refractivity contribution in [1.82, 2.24) is 0 Å². The molecule has 1 unspecified atom stereocenters. The molecule has 0 N–H and O–H groups in total. The van der Waals surface area contributed by atoms with Crippen molar-refractivity contribution in [2.75, 3.05) is 14.2 Å². The highest BCUT2D eigenvalue weighted by Gasteiger charge is 2.24. The van der Waals surface area contributed by atoms with E-state index in [9.17, 15) is 4.79 Å². The molecule has 1 aromatic carbocycles. The van der Waals surface area contributed by atoms with E-state index in [0.717, 1.165) is 35.3 Å². The third-order valence-corrected chi connectivity index (χ3v) is 3.28. The fourth-order valence-corrected chi connectivity index (χ4v) is 2.09. The summed E-state index contributed by atoms with van der Waals surface area (Å²) in [4.78, 5) is 11.9. The van der Waals surface area contributed by atoms with E-state index in [1.165, 1.54) is 7.11 Å². The maximum absolute atomic E-state index is 11.9. The fraction of sp³-hybridized carbons (Fsp3) is 0.533. The van der Waals surface area contributed by atoms with Crippen molar-refractivity contribution in [2.45, 2.75) is 39.5 Å². The molecule has 0 aliphatic rings. The molecule has 0 saturated heterocycles. The second-order valence-corrected chi connectivity index (χ2v) is 4.54. The van der Waals surface area contributed by atoms with Gasteiger partial charge in [-0.2, -0.15) is 0 Å². The molecule has 1 rings (SSSR count). The Morgan fingerprint density at radius 3 is 2.33 bits per heavy atom. The second-order valence-electron chi connectivity index (χ2n) is 4.54. The first-order chi connectivity index (χ1) is 8.54. The quantitative estimate of drug-likeness (QED) is 0.752. The monoisotopic (exact) mass is 250 g/mol. The molecule has 0 aliphatic carbocycles. The first-order valence-corrected chi connectivity index (χ1v) is 6.28. The molecule has 3 nitrogen and oxygen atoms in total. The van der Waals surface area contributed by atoms with Gasteiger partial charge in [0.1, 0.15) is 5.75 Å². The van der Waals surface area contributed by atoms with Crippen LogP contribution in [-0.2, 0) is 9.53 Å². The highest BCUT2D eigenvalue weighted by molar-refractivity contribution is 5.79. The van der Waals surface area contributed by atoms with Gasteiger partial charge < -0.3 is 9.47 Å². The van der Waals surface area contributed by atoms with Gasteiger partial charge in [-0.3, -0.25) is 4.79 Å². The molecule has 0 bridgehead atoms. The summed E-state index contributed by atoms with van der Waals surface area (Å²) in [6.45, 7) is 6.14. The SMILES string of the molecule is CCCC(C(=O)OC)c1cc(C)c(C)cc1OC. The summed E-state index contributed by atoms with van der Waals surface area (Å²) in [7, 11) is 3.06. The summed E-state index contributed by atoms with van der Waals surface area (Å²) in [5, 5.41) is 0. The van der Waals surface area contributed by atoms with Gasteiger partial charge in [0.15, 0.2) is 0 Å². The zero-order valence-electron chi connectivity index (χ0n) is 11.9. The normalized spacial score (nSPS) is 12.1. The molecule has 0 radical (unpaired) electrons. The van der Waals surface area contributed by atoms with Crippen LogP contribution >= 0.6 is 0 Å². The Kier molecular flexibility index (Phi) is 5.20. The van der Waals surface area contributed by atoms with Crippen molar-refractivity contribution in [3.8, 4) is 5.75 Å². The molecule has 1 aromatic rings. The first kappa shape index (κ1) is 14.6. The Morgan fingerprint density at radius 1 is 1.22 bits per heavy atom. The summed E-state index contributed by atoms with van der Waals surface area (Å²) in [6.07, 6.45) is 1.70. The molecular formula is C15H22O3. The number of carbonyl (C=O) groups is 1. The standard InChI is InChI=1S/C15H22O3/c1-6-7-12(15(16)18-5)13-8-10(2)11(3)9-14(13)17-4/h8-9,12H,6-7H2,1-5H3. The average Bonchev–Trinajstić information content (AvgIpc) is 2.38. The van der Waals surface area contributed by atoms with Crippen molar-refractivity contribution in [3.05, 3.63) is 28.8 Å². The topological polar surface area (TPSA) is 35.5 Å². The van der Waals surface area contributed by atoms with Crippen LogP contribution in [0.25, 0.3) is 0 Å². The first-order valence-electron chi connectivity index (χ1n) is 6.28. The minimum absolute atomic E-state index is 0.196. The van der Waals surface area contributed by atoms with Crippen molar-refractivity contribution in [3.63, 3.8) is 0 Å². The number of esters is 1. The van der Waals surface area contributed by atoms with Gasteiger partial charge in [-0.25, -0.2) is 0 Å². The maximum Gasteiger partial charge on any atom is 0.313 e. The molecule has 18 heavy (non-hydrogen) atoms. The number of benzene rings is 1. The van der Waals surface area contributed by atoms with Crippen LogP contribution < -0.4 is 4.74 Å². The van der Waals surface area contributed by atoms with E-state index in [0.29, 0.717) is 0 Å². The van der Waals surface area contributed by atoms with Crippen LogP contribution in [0, 0.1) is 13.8 Å². The van der Waals surface area contributed by atoms with E-state index >= 15 is 0 Å². The third-order valence-electron chi connectivity index (χ3n) is 3.28. The van der Waals surface area contributed by atoms with Crippen molar-refractivity contribution in [1.29, 1.82) is 0 Å². The summed E-state index contributed by atoms with van der Waals surface area (Å²) in [6, 6.07) is 4.02. The molecular weight excluding hydrogens is 228 g/mol. The molecule has 0 spiro atoms. The number of rotatable bonds is 5. The minimum atomic E-state index is -0.241. The van der Waals surface area contributed by atoms with Crippen molar-refractivity contribution < 1.29 is 14.3 Å². The molecule has 100 valence electrons. The van der Waals surface area contributed by atoms with Gasteiger partial charge in [0.2, 0.25) is 0 Å². The number of aryl methyl sites for hydroxylation is 2. The van der Waals surface area contributed by atoms with Crippen LogP contribution in [0.15, 0.2) is 12.1 Å². The number of hydrogen-bond acceptors (Lipinski definition) is 3. The van der Waals surface area contributed by atoms with E-state index in [2.05, 4.69) is 6.92 Å². The predicted molar refractivity (Wildman–Crippen MR) is 72.1 cm³/mol. The lowest BCUT2D eigenvalue weighted by Gasteiger charge is -2.19. The molecule has 0 aromatic heterocycles. The van der Waals surface area contributed by atoms with E-state index in [-0.39, 0.29) is 11.9 Å². The summed E-state index contributed by atoms with van der Waals surface area (Å²) in [5.74, 6) is 0.328. The van der Waals surface area contributed by atoms with E-state index in [1.54, 1.807) is 7.11 Å². The van der Waals surface area contributed by atoms with Gasteiger partial charge in [0.25, 0.3) is 0 Å². The van der Waals surface area contributed by atoms with E-state index < -0.39 is 0 Å². The molecule has 0 fully saturated rings. The van der Waals surface area contributed by atoms with Crippen LogP contribution in [0.2, 0.25) is 0 Å². The van der Waals surface area contributed by atoms with Crippen LogP contribution in [0.1, 0.15) is 42.4 Å². The number of methoxy groups -OCH3 is 2. The Labute approximate surface area is 109 Å². The van der Waals surface area contributed by atoms with Crippen LogP contribution in [0.5, 0.6) is 5.75 Å². The summed E-state index contributed by atoms with van der Waals surface area (Å²) in [5.41, 5.74) is 3.25. The molecule has 0 amide bonds. The van der Waals surface area contributed by atoms with Gasteiger partial charge in [-0.1, -0.05) is 19.4 Å². The molecule has 0 heterocycles. The lowest BCUT2D eigenvalue weighted by atomic mass is 9.91. The lowest BCUT2D eigenvalue weighted by Crippen LogP contribution is -2.15. The zero-order valence-corrected chi connectivity index (χ0v) is 11.9. The highest BCUT2D eigenvalue weighted by atomic mass is 16.5. The van der Waals surface area contributed by atoms with Gasteiger partial charge in [-0.15, -0.1) is 0 Å². The van der Waals surface area contributed by atoms with Crippen molar-refractivity contribution >= 4 is 5.97 Å². The van der Waals surface area contributed by atoms with Gasteiger partial charge >= 0.3 is 5.97 Å². The Morgan fingerprint density at radius 2 is 1.83 bits per heavy atom. The van der Waals surface area contributed by atoms with Crippen LogP contribution in [0.3, 0.4) is 0 Å². The zero-order chi connectivity index (χ0) is 13.7. The van der Waals surface area contributed by atoms with Crippen LogP contribution in [0.4, 0.5) is 0 Å². The molecule has 0 saturated carbocycles. The summed E-state index contributed by atoms with van der Waals surface area (Å²) < 4.78 is 10.3. The summed E-state index contributed by atoms with van der Waals surface area (Å²) >= 11 is 0. The molecule has 3 heteroatoms. The van der Waals surface area contributed by atoms with E-state index in [1.807, 2.05) is 26.0 Å². The number of hydrogen-bond donors (Lipinski definition) is 0. The Hall–Kier alpha value is -1.51. The second kappa shape index (κ2) is 6.43. The molecule has 1 atom stereocenters. The Balaban J connectivity index is 3.25. The molecule has 0 aliphatic heterocycles.